The lowest BCUT2D eigenvalue weighted by molar-refractivity contribution is 0.333. The summed E-state index contributed by atoms with van der Waals surface area (Å²) in [5.74, 6) is 13.6. The van der Waals surface area contributed by atoms with Gasteiger partial charge in [-0.2, -0.15) is 0 Å². The van der Waals surface area contributed by atoms with Crippen molar-refractivity contribution < 1.29 is 8.85 Å². The smallest absolute Gasteiger partial charge is 0.231 e. The molecule has 6 heteroatoms. The Morgan fingerprint density at radius 2 is 0.827 bits per heavy atom. The molecule has 2 aromatic heterocycles. The number of fused-ring (bicyclic) bond motifs is 5. The van der Waals surface area contributed by atoms with E-state index in [0.29, 0.717) is 13.2 Å². The number of rotatable bonds is 14. The highest BCUT2D eigenvalue weighted by molar-refractivity contribution is 7.36. The largest absolute Gasteiger partial charge is 0.412 e. The molecule has 2 nitrogen and oxygen atoms in total. The van der Waals surface area contributed by atoms with E-state index in [1.54, 1.807) is 0 Å². The van der Waals surface area contributed by atoms with Gasteiger partial charge < -0.3 is 8.85 Å². The molecule has 0 spiro atoms. The van der Waals surface area contributed by atoms with Crippen molar-refractivity contribution in [2.24, 2.45) is 0 Å². The quantitative estimate of drug-likeness (QED) is 0.0627. The van der Waals surface area contributed by atoms with Crippen molar-refractivity contribution in [3.05, 3.63) is 158 Å². The molecule has 2 heterocycles. The molecule has 0 N–H and O–H groups in total. The predicted octanol–water partition coefficient (Wildman–Crippen LogP) is 11.2. The molecular weight excluding hydrogens is 705 g/mol. The highest BCUT2D eigenvalue weighted by Crippen LogP contribution is 2.44. The van der Waals surface area contributed by atoms with E-state index in [0.717, 1.165) is 46.4 Å². The molecule has 0 aliphatic rings. The summed E-state index contributed by atoms with van der Waals surface area (Å²) in [6.07, 6.45) is 7.91. The minimum absolute atomic E-state index is 0.686. The highest BCUT2D eigenvalue weighted by atomic mass is 32.1. The van der Waals surface area contributed by atoms with Gasteiger partial charge in [-0.05, 0) is 96.9 Å². The molecule has 6 aromatic rings. The zero-order valence-corrected chi connectivity index (χ0v) is 33.7. The van der Waals surface area contributed by atoms with Crippen molar-refractivity contribution >= 4 is 79.3 Å². The van der Waals surface area contributed by atoms with Crippen molar-refractivity contribution in [2.75, 3.05) is 13.2 Å². The minimum atomic E-state index is -2.17. The molecule has 0 unspecified atom stereocenters. The summed E-state index contributed by atoms with van der Waals surface area (Å²) in [5, 5.41) is 5.08. The van der Waals surface area contributed by atoms with E-state index in [1.807, 2.05) is 47.0 Å². The SMILES string of the molecule is C=CC[Si](CC=C)(OCC)c1ccc(C#Cc2ccc3c(c2)sc2c4ccc(C#Cc5ccc([Si](CC=C)(CC=C)OCC)cc5)cc4sc32)cc1. The Hall–Kier alpha value is -4.51. The van der Waals surface area contributed by atoms with E-state index in [9.17, 15) is 0 Å². The predicted molar refractivity (Wildman–Crippen MR) is 234 cm³/mol. The second-order valence-corrected chi connectivity index (χ2v) is 22.2. The van der Waals surface area contributed by atoms with Gasteiger partial charge >= 0.3 is 0 Å². The van der Waals surface area contributed by atoms with Crippen LogP contribution in [-0.4, -0.2) is 29.8 Å². The summed E-state index contributed by atoms with van der Waals surface area (Å²) >= 11 is 3.69. The monoisotopic (exact) mass is 748 g/mol. The maximum Gasteiger partial charge on any atom is 0.231 e. The molecule has 0 atom stereocenters. The minimum Gasteiger partial charge on any atom is -0.412 e. The van der Waals surface area contributed by atoms with Crippen LogP contribution in [0.25, 0.3) is 29.6 Å². The summed E-state index contributed by atoms with van der Waals surface area (Å²) < 4.78 is 17.9. The van der Waals surface area contributed by atoms with Crippen LogP contribution in [0.2, 0.25) is 24.2 Å². The zero-order valence-electron chi connectivity index (χ0n) is 30.1. The number of allylic oxidation sites excluding steroid dienone is 4. The lowest BCUT2D eigenvalue weighted by atomic mass is 10.1. The Balaban J connectivity index is 1.21. The number of benzene rings is 4. The van der Waals surface area contributed by atoms with Crippen molar-refractivity contribution in [1.29, 1.82) is 0 Å². The maximum atomic E-state index is 6.36. The fourth-order valence-electron chi connectivity index (χ4n) is 6.94. The molecule has 0 fully saturated rings. The van der Waals surface area contributed by atoms with Gasteiger partial charge in [-0.15, -0.1) is 49.0 Å². The number of thiophene rings is 2. The third kappa shape index (κ3) is 7.79. The van der Waals surface area contributed by atoms with Crippen LogP contribution < -0.4 is 10.4 Å². The van der Waals surface area contributed by atoms with Crippen LogP contribution in [-0.2, 0) is 8.85 Å². The van der Waals surface area contributed by atoms with Gasteiger partial charge in [0.05, 0.1) is 9.40 Å². The lowest BCUT2D eigenvalue weighted by Gasteiger charge is -2.29. The van der Waals surface area contributed by atoms with Gasteiger partial charge in [-0.3, -0.25) is 0 Å². The van der Waals surface area contributed by atoms with E-state index >= 15 is 0 Å². The second-order valence-electron chi connectivity index (χ2n) is 12.8. The fourth-order valence-corrected chi connectivity index (χ4v) is 16.3. The molecule has 0 aliphatic heterocycles. The molecule has 0 saturated carbocycles. The van der Waals surface area contributed by atoms with E-state index in [4.69, 9.17) is 8.85 Å². The summed E-state index contributed by atoms with van der Waals surface area (Å²) in [4.78, 5) is 0. The normalized spacial score (nSPS) is 11.5. The Morgan fingerprint density at radius 1 is 0.500 bits per heavy atom. The Labute approximate surface area is 319 Å². The molecule has 260 valence electrons. The van der Waals surface area contributed by atoms with Gasteiger partial charge in [0.25, 0.3) is 0 Å². The van der Waals surface area contributed by atoms with Crippen LogP contribution in [0.1, 0.15) is 36.1 Å². The molecule has 0 radical (unpaired) electrons. The fraction of sp³-hybridized carbons (Fsp3) is 0.174. The van der Waals surface area contributed by atoms with Gasteiger partial charge in [-0.1, -0.05) is 84.4 Å². The molecular formula is C46H44O2S2Si2. The zero-order chi connectivity index (χ0) is 36.6. The third-order valence-corrected chi connectivity index (χ3v) is 20.1. The average Bonchev–Trinajstić information content (AvgIpc) is 3.69. The molecule has 6 rings (SSSR count). The van der Waals surface area contributed by atoms with Crippen molar-refractivity contribution in [2.45, 2.75) is 38.0 Å². The van der Waals surface area contributed by atoms with E-state index in [1.165, 1.54) is 39.9 Å². The summed E-state index contributed by atoms with van der Waals surface area (Å²) in [6, 6.07) is 33.8. The van der Waals surface area contributed by atoms with Crippen molar-refractivity contribution in [3.8, 4) is 23.7 Å². The highest BCUT2D eigenvalue weighted by Gasteiger charge is 2.35. The Morgan fingerprint density at radius 3 is 1.15 bits per heavy atom. The molecule has 4 aromatic carbocycles. The van der Waals surface area contributed by atoms with Gasteiger partial charge in [0.1, 0.15) is 0 Å². The standard InChI is InChI=1S/C46H44O2S2Si2/c1-7-29-51(30-8-2,47-11-5)39-23-17-35(18-24-39)13-15-37-21-27-41-43(33-37)49-46-42-28-22-38(34-44(42)50-45(41)46)16-14-36-19-25-40(26-20-36)52(31-9-3,32-10-4)48-12-6/h7-10,17-28,33-34H,1-4,11-12,29-32H2,5-6H3. The van der Waals surface area contributed by atoms with Gasteiger partial charge in [-0.25, -0.2) is 0 Å². The number of hydrogen-bond donors (Lipinski definition) is 0. The van der Waals surface area contributed by atoms with Gasteiger partial charge in [0, 0.05) is 55.6 Å². The van der Waals surface area contributed by atoms with Crippen molar-refractivity contribution in [1.82, 2.24) is 0 Å². The summed E-state index contributed by atoms with van der Waals surface area (Å²) in [5.41, 5.74) is 4.02. The molecule has 0 saturated heterocycles. The van der Waals surface area contributed by atoms with Crippen LogP contribution in [0, 0.1) is 23.7 Å². The van der Waals surface area contributed by atoms with Crippen LogP contribution in [0.3, 0.4) is 0 Å². The van der Waals surface area contributed by atoms with E-state index in [-0.39, 0.29) is 0 Å². The first-order chi connectivity index (χ1) is 25.4. The summed E-state index contributed by atoms with van der Waals surface area (Å²) in [7, 11) is -4.35. The average molecular weight is 749 g/mol. The first-order valence-electron chi connectivity index (χ1n) is 17.8. The van der Waals surface area contributed by atoms with Crippen LogP contribution in [0.5, 0.6) is 0 Å². The molecule has 52 heavy (non-hydrogen) atoms. The van der Waals surface area contributed by atoms with E-state index < -0.39 is 16.6 Å². The van der Waals surface area contributed by atoms with Gasteiger partial charge in [0.15, 0.2) is 0 Å². The molecule has 0 amide bonds. The van der Waals surface area contributed by atoms with Gasteiger partial charge in [0.2, 0.25) is 16.6 Å². The Bertz CT molecular complexity index is 2190. The van der Waals surface area contributed by atoms with Crippen LogP contribution in [0.15, 0.2) is 136 Å². The lowest BCUT2D eigenvalue weighted by Crippen LogP contribution is -2.50. The maximum absolute atomic E-state index is 6.36. The first kappa shape index (κ1) is 37.3. The van der Waals surface area contributed by atoms with Crippen LogP contribution >= 0.6 is 22.7 Å². The first-order valence-corrected chi connectivity index (χ1v) is 24.0. The Kier molecular flexibility index (Phi) is 12.1. The van der Waals surface area contributed by atoms with Crippen molar-refractivity contribution in [3.63, 3.8) is 0 Å². The molecule has 0 bridgehead atoms. The topological polar surface area (TPSA) is 18.5 Å². The third-order valence-electron chi connectivity index (χ3n) is 9.34. The number of hydrogen-bond acceptors (Lipinski definition) is 4. The molecule has 0 aliphatic carbocycles. The second kappa shape index (κ2) is 16.9. The summed E-state index contributed by atoms with van der Waals surface area (Å²) in [6.45, 7) is 21.5. The van der Waals surface area contributed by atoms with Crippen LogP contribution in [0.4, 0.5) is 0 Å². The van der Waals surface area contributed by atoms with E-state index in [2.05, 4.69) is 149 Å².